The molecular weight excluding hydrogens is 268 g/mol. The van der Waals surface area contributed by atoms with Crippen LogP contribution in [-0.2, 0) is 4.79 Å². The van der Waals surface area contributed by atoms with Crippen LogP contribution in [0.3, 0.4) is 0 Å². The molecule has 0 aliphatic heterocycles. The first-order valence-corrected chi connectivity index (χ1v) is 8.34. The fourth-order valence-electron chi connectivity index (χ4n) is 2.92. The van der Waals surface area contributed by atoms with E-state index >= 15 is 0 Å². The molecule has 2 N–H and O–H groups in total. The molecule has 2 unspecified atom stereocenters. The first kappa shape index (κ1) is 15.4. The molecule has 0 saturated heterocycles. The van der Waals surface area contributed by atoms with E-state index in [1.807, 2.05) is 42.3 Å². The van der Waals surface area contributed by atoms with Gasteiger partial charge in [0.2, 0.25) is 5.91 Å². The second-order valence-electron chi connectivity index (χ2n) is 5.45. The third-order valence-electron chi connectivity index (χ3n) is 4.17. The molecule has 1 aliphatic carbocycles. The van der Waals surface area contributed by atoms with Crippen molar-refractivity contribution >= 4 is 17.7 Å². The van der Waals surface area contributed by atoms with Crippen LogP contribution >= 0.6 is 11.8 Å². The summed E-state index contributed by atoms with van der Waals surface area (Å²) in [6.45, 7) is 0.689. The average molecular weight is 292 g/mol. The van der Waals surface area contributed by atoms with Gasteiger partial charge in [-0.2, -0.15) is 0 Å². The fourth-order valence-corrected chi connectivity index (χ4v) is 3.76. The largest absolute Gasteiger partial charge is 0.342 e. The van der Waals surface area contributed by atoms with Gasteiger partial charge in [-0.25, -0.2) is 0 Å². The highest BCUT2D eigenvalue weighted by Crippen LogP contribution is 2.28. The van der Waals surface area contributed by atoms with Gasteiger partial charge in [0.1, 0.15) is 0 Å². The Bertz CT molecular complexity index is 424. The van der Waals surface area contributed by atoms with Crippen LogP contribution < -0.4 is 5.73 Å². The Morgan fingerprint density at radius 2 is 2.00 bits per heavy atom. The molecule has 0 spiro atoms. The summed E-state index contributed by atoms with van der Waals surface area (Å²) in [4.78, 5) is 15.4. The molecule has 1 aromatic carbocycles. The minimum atomic E-state index is 0.212. The molecule has 20 heavy (non-hydrogen) atoms. The lowest BCUT2D eigenvalue weighted by molar-refractivity contribution is -0.130. The van der Waals surface area contributed by atoms with Gasteiger partial charge in [-0.05, 0) is 37.4 Å². The van der Waals surface area contributed by atoms with Gasteiger partial charge in [-0.1, -0.05) is 31.0 Å². The van der Waals surface area contributed by atoms with Crippen molar-refractivity contribution in [3.8, 4) is 0 Å². The van der Waals surface area contributed by atoms with E-state index in [1.165, 1.54) is 12.8 Å². The molecule has 4 heteroatoms. The quantitative estimate of drug-likeness (QED) is 0.849. The molecule has 2 rings (SSSR count). The molecule has 1 fully saturated rings. The van der Waals surface area contributed by atoms with Gasteiger partial charge in [0.25, 0.3) is 0 Å². The van der Waals surface area contributed by atoms with Crippen molar-refractivity contribution in [3.05, 3.63) is 30.3 Å². The summed E-state index contributed by atoms with van der Waals surface area (Å²) in [5.41, 5.74) is 5.85. The Morgan fingerprint density at radius 1 is 1.30 bits per heavy atom. The molecular formula is C16H24N2OS. The van der Waals surface area contributed by atoms with Crippen molar-refractivity contribution in [2.45, 2.75) is 36.6 Å². The lowest BCUT2D eigenvalue weighted by Gasteiger charge is -2.37. The van der Waals surface area contributed by atoms with E-state index < -0.39 is 0 Å². The van der Waals surface area contributed by atoms with Crippen molar-refractivity contribution < 1.29 is 4.79 Å². The molecule has 1 aromatic rings. The van der Waals surface area contributed by atoms with Crippen molar-refractivity contribution in [1.82, 2.24) is 4.90 Å². The number of nitrogens with zero attached hydrogens (tertiary/aromatic N) is 1. The monoisotopic (exact) mass is 292 g/mol. The van der Waals surface area contributed by atoms with E-state index in [4.69, 9.17) is 5.73 Å². The van der Waals surface area contributed by atoms with Gasteiger partial charge in [0.05, 0.1) is 5.75 Å². The second kappa shape index (κ2) is 7.70. The van der Waals surface area contributed by atoms with Crippen LogP contribution in [0.25, 0.3) is 0 Å². The molecule has 1 aliphatic rings. The van der Waals surface area contributed by atoms with Crippen LogP contribution in [0.15, 0.2) is 35.2 Å². The summed E-state index contributed by atoms with van der Waals surface area (Å²) in [6, 6.07) is 10.4. The van der Waals surface area contributed by atoms with Gasteiger partial charge in [-0.3, -0.25) is 4.79 Å². The van der Waals surface area contributed by atoms with Crippen LogP contribution in [-0.4, -0.2) is 36.2 Å². The molecule has 1 amide bonds. The van der Waals surface area contributed by atoms with Crippen LogP contribution in [0.1, 0.15) is 25.7 Å². The number of hydrogen-bond acceptors (Lipinski definition) is 3. The van der Waals surface area contributed by atoms with Gasteiger partial charge in [0.15, 0.2) is 0 Å². The molecule has 1 saturated carbocycles. The topological polar surface area (TPSA) is 46.3 Å². The predicted molar refractivity (Wildman–Crippen MR) is 84.7 cm³/mol. The average Bonchev–Trinajstić information content (AvgIpc) is 2.52. The summed E-state index contributed by atoms with van der Waals surface area (Å²) >= 11 is 1.61. The van der Waals surface area contributed by atoms with Crippen LogP contribution in [0.2, 0.25) is 0 Å². The maximum atomic E-state index is 12.3. The Labute approximate surface area is 125 Å². The smallest absolute Gasteiger partial charge is 0.232 e. The lowest BCUT2D eigenvalue weighted by Crippen LogP contribution is -2.46. The Kier molecular flexibility index (Phi) is 5.92. The minimum absolute atomic E-state index is 0.212. The third-order valence-corrected chi connectivity index (χ3v) is 5.16. The maximum Gasteiger partial charge on any atom is 0.232 e. The van der Waals surface area contributed by atoms with Gasteiger partial charge < -0.3 is 10.6 Å². The van der Waals surface area contributed by atoms with Crippen molar-refractivity contribution in [2.75, 3.05) is 19.3 Å². The predicted octanol–water partition coefficient (Wildman–Crippen LogP) is 2.75. The Morgan fingerprint density at radius 3 is 2.70 bits per heavy atom. The summed E-state index contributed by atoms with van der Waals surface area (Å²) < 4.78 is 0. The highest BCUT2D eigenvalue weighted by Gasteiger charge is 2.29. The lowest BCUT2D eigenvalue weighted by atomic mass is 9.84. The Hall–Kier alpha value is -1.00. The minimum Gasteiger partial charge on any atom is -0.342 e. The standard InChI is InChI=1S/C16H24N2OS/c1-18(15-10-6-5-7-13(15)11-17)16(19)12-20-14-8-3-2-4-9-14/h2-4,8-9,13,15H,5-7,10-12,17H2,1H3. The van der Waals surface area contributed by atoms with E-state index in [1.54, 1.807) is 11.8 Å². The highest BCUT2D eigenvalue weighted by molar-refractivity contribution is 8.00. The highest BCUT2D eigenvalue weighted by atomic mass is 32.2. The molecule has 110 valence electrons. The number of amides is 1. The fraction of sp³-hybridized carbons (Fsp3) is 0.562. The van der Waals surface area contributed by atoms with Crippen molar-refractivity contribution in [2.24, 2.45) is 11.7 Å². The molecule has 0 heterocycles. The van der Waals surface area contributed by atoms with E-state index in [0.29, 0.717) is 24.3 Å². The van der Waals surface area contributed by atoms with Gasteiger partial charge in [-0.15, -0.1) is 11.8 Å². The van der Waals surface area contributed by atoms with Crippen LogP contribution in [0, 0.1) is 5.92 Å². The number of nitrogens with two attached hydrogens (primary N) is 1. The Balaban J connectivity index is 1.87. The van der Waals surface area contributed by atoms with Gasteiger partial charge in [0, 0.05) is 18.0 Å². The molecule has 0 radical (unpaired) electrons. The first-order valence-electron chi connectivity index (χ1n) is 7.36. The maximum absolute atomic E-state index is 12.3. The SMILES string of the molecule is CN(C(=O)CSc1ccccc1)C1CCCCC1CN. The second-order valence-corrected chi connectivity index (χ2v) is 6.50. The molecule has 0 bridgehead atoms. The van der Waals surface area contributed by atoms with E-state index in [-0.39, 0.29) is 5.91 Å². The van der Waals surface area contributed by atoms with Crippen LogP contribution in [0.5, 0.6) is 0 Å². The zero-order valence-corrected chi connectivity index (χ0v) is 12.9. The van der Waals surface area contributed by atoms with Crippen molar-refractivity contribution in [1.29, 1.82) is 0 Å². The molecule has 2 atom stereocenters. The number of hydrogen-bond donors (Lipinski definition) is 1. The van der Waals surface area contributed by atoms with Crippen molar-refractivity contribution in [3.63, 3.8) is 0 Å². The summed E-state index contributed by atoms with van der Waals surface area (Å²) in [5, 5.41) is 0. The zero-order chi connectivity index (χ0) is 14.4. The van der Waals surface area contributed by atoms with E-state index in [9.17, 15) is 4.79 Å². The number of carbonyl (C=O) groups excluding carboxylic acids is 1. The van der Waals surface area contributed by atoms with Gasteiger partial charge >= 0.3 is 0 Å². The van der Waals surface area contributed by atoms with E-state index in [2.05, 4.69) is 0 Å². The first-order chi connectivity index (χ1) is 9.72. The van der Waals surface area contributed by atoms with E-state index in [0.717, 1.165) is 17.7 Å². The number of carbonyl (C=O) groups is 1. The molecule has 3 nitrogen and oxygen atoms in total. The summed E-state index contributed by atoms with van der Waals surface area (Å²) in [5.74, 6) is 1.19. The zero-order valence-electron chi connectivity index (χ0n) is 12.1. The number of rotatable bonds is 5. The number of benzene rings is 1. The summed E-state index contributed by atoms with van der Waals surface area (Å²) in [7, 11) is 1.94. The number of thioether (sulfide) groups is 1. The normalized spacial score (nSPS) is 22.5. The molecule has 0 aromatic heterocycles. The van der Waals surface area contributed by atoms with Crippen LogP contribution in [0.4, 0.5) is 0 Å². The third kappa shape index (κ3) is 4.00. The summed E-state index contributed by atoms with van der Waals surface area (Å²) in [6.07, 6.45) is 4.72.